The molecule has 1 unspecified atom stereocenters. The maximum absolute atomic E-state index is 12.9. The number of halogens is 1. The smallest absolute Gasteiger partial charge is 0.123 e. The molecule has 3 rings (SSSR count). The van der Waals surface area contributed by atoms with Crippen molar-refractivity contribution >= 4 is 5.69 Å². The molecule has 0 saturated carbocycles. The van der Waals surface area contributed by atoms with Crippen molar-refractivity contribution in [1.29, 1.82) is 0 Å². The zero-order valence-electron chi connectivity index (χ0n) is 9.50. The number of rotatable bonds is 1. The molecule has 1 heterocycles. The van der Waals surface area contributed by atoms with Crippen molar-refractivity contribution in [3.05, 3.63) is 65.0 Å². The summed E-state index contributed by atoms with van der Waals surface area (Å²) >= 11 is 0. The van der Waals surface area contributed by atoms with Crippen molar-refractivity contribution in [2.45, 2.75) is 13.0 Å². The molecule has 2 aromatic carbocycles. The Morgan fingerprint density at radius 2 is 1.82 bits per heavy atom. The molecule has 0 amide bonds. The monoisotopic (exact) mass is 228 g/mol. The van der Waals surface area contributed by atoms with E-state index in [0.717, 1.165) is 11.3 Å². The van der Waals surface area contributed by atoms with Gasteiger partial charge in [0.05, 0.1) is 11.7 Å². The maximum atomic E-state index is 12.9. The number of nitrogens with one attached hydrogen (secondary N) is 2. The number of fused-ring (bicyclic) bond motifs is 1. The molecule has 1 atom stereocenters. The molecular weight excluding hydrogens is 215 g/mol. The lowest BCUT2D eigenvalue weighted by Gasteiger charge is -2.11. The summed E-state index contributed by atoms with van der Waals surface area (Å²) in [7, 11) is 0. The SMILES string of the molecule is Cc1ccc2c(c1)C(c1ccc(F)cc1)NN2. The van der Waals surface area contributed by atoms with Crippen LogP contribution < -0.4 is 10.9 Å². The van der Waals surface area contributed by atoms with Gasteiger partial charge in [0.1, 0.15) is 5.82 Å². The summed E-state index contributed by atoms with van der Waals surface area (Å²) in [5, 5.41) is 0. The highest BCUT2D eigenvalue weighted by molar-refractivity contribution is 5.59. The van der Waals surface area contributed by atoms with Gasteiger partial charge in [0.2, 0.25) is 0 Å². The topological polar surface area (TPSA) is 24.1 Å². The van der Waals surface area contributed by atoms with Gasteiger partial charge in [-0.1, -0.05) is 29.8 Å². The predicted molar refractivity (Wildman–Crippen MR) is 66.2 cm³/mol. The lowest BCUT2D eigenvalue weighted by molar-refractivity contribution is 0.625. The van der Waals surface area contributed by atoms with E-state index in [2.05, 4.69) is 36.0 Å². The normalized spacial score (nSPS) is 17.6. The molecule has 0 aliphatic carbocycles. The van der Waals surface area contributed by atoms with E-state index < -0.39 is 0 Å². The standard InChI is InChI=1S/C14H13FN2/c1-9-2-7-13-12(8-9)14(17-16-13)10-3-5-11(15)6-4-10/h2-8,14,16-17H,1H3. The first-order valence-electron chi connectivity index (χ1n) is 5.61. The first-order valence-corrected chi connectivity index (χ1v) is 5.61. The van der Waals surface area contributed by atoms with Crippen LogP contribution in [0.5, 0.6) is 0 Å². The largest absolute Gasteiger partial charge is 0.320 e. The molecule has 2 N–H and O–H groups in total. The fourth-order valence-electron chi connectivity index (χ4n) is 2.18. The Balaban J connectivity index is 2.03. The van der Waals surface area contributed by atoms with E-state index in [-0.39, 0.29) is 11.9 Å². The Morgan fingerprint density at radius 3 is 2.59 bits per heavy atom. The van der Waals surface area contributed by atoms with Crippen LogP contribution in [0.4, 0.5) is 10.1 Å². The number of benzene rings is 2. The molecule has 1 aliphatic rings. The first-order chi connectivity index (χ1) is 8.24. The van der Waals surface area contributed by atoms with Crippen molar-refractivity contribution in [2.24, 2.45) is 0 Å². The van der Waals surface area contributed by atoms with Crippen LogP contribution in [0, 0.1) is 12.7 Å². The third-order valence-corrected chi connectivity index (χ3v) is 3.07. The third-order valence-electron chi connectivity index (χ3n) is 3.07. The third kappa shape index (κ3) is 1.78. The van der Waals surface area contributed by atoms with E-state index >= 15 is 0 Å². The van der Waals surface area contributed by atoms with Crippen LogP contribution >= 0.6 is 0 Å². The number of hydrogen-bond donors (Lipinski definition) is 2. The average molecular weight is 228 g/mol. The van der Waals surface area contributed by atoms with Gasteiger partial charge >= 0.3 is 0 Å². The summed E-state index contributed by atoms with van der Waals surface area (Å²) in [6.07, 6.45) is 0. The van der Waals surface area contributed by atoms with Gasteiger partial charge in [-0.05, 0) is 30.7 Å². The van der Waals surface area contributed by atoms with E-state index in [4.69, 9.17) is 0 Å². The molecule has 1 aliphatic heterocycles. The van der Waals surface area contributed by atoms with Gasteiger partial charge in [0.25, 0.3) is 0 Å². The second kappa shape index (κ2) is 3.86. The fraction of sp³-hybridized carbons (Fsp3) is 0.143. The first kappa shape index (κ1) is 10.3. The number of hydrogen-bond acceptors (Lipinski definition) is 2. The van der Waals surface area contributed by atoms with Crippen LogP contribution in [-0.2, 0) is 0 Å². The summed E-state index contributed by atoms with van der Waals surface area (Å²) in [5.74, 6) is -0.204. The average Bonchev–Trinajstić information content (AvgIpc) is 2.73. The molecule has 2 aromatic rings. The van der Waals surface area contributed by atoms with E-state index in [1.54, 1.807) is 0 Å². The van der Waals surface area contributed by atoms with Crippen LogP contribution in [0.1, 0.15) is 22.7 Å². The molecule has 17 heavy (non-hydrogen) atoms. The zero-order chi connectivity index (χ0) is 11.8. The highest BCUT2D eigenvalue weighted by Gasteiger charge is 2.22. The van der Waals surface area contributed by atoms with Crippen LogP contribution in [0.3, 0.4) is 0 Å². The van der Waals surface area contributed by atoms with Gasteiger partial charge in [-0.3, -0.25) is 0 Å². The molecule has 3 heteroatoms. The summed E-state index contributed by atoms with van der Waals surface area (Å²) < 4.78 is 12.9. The fourth-order valence-corrected chi connectivity index (χ4v) is 2.18. The Morgan fingerprint density at radius 1 is 1.06 bits per heavy atom. The van der Waals surface area contributed by atoms with Crippen molar-refractivity contribution in [3.8, 4) is 0 Å². The van der Waals surface area contributed by atoms with Gasteiger partial charge in [0.15, 0.2) is 0 Å². The van der Waals surface area contributed by atoms with E-state index in [1.807, 2.05) is 12.1 Å². The molecule has 0 radical (unpaired) electrons. The van der Waals surface area contributed by atoms with Crippen molar-refractivity contribution in [1.82, 2.24) is 5.43 Å². The number of anilines is 1. The van der Waals surface area contributed by atoms with Crippen LogP contribution in [-0.4, -0.2) is 0 Å². The molecular formula is C14H13FN2. The highest BCUT2D eigenvalue weighted by Crippen LogP contribution is 2.33. The number of aryl methyl sites for hydroxylation is 1. The molecule has 0 bridgehead atoms. The Labute approximate surface area is 99.4 Å². The highest BCUT2D eigenvalue weighted by atomic mass is 19.1. The summed E-state index contributed by atoms with van der Waals surface area (Å²) in [4.78, 5) is 0. The second-order valence-corrected chi connectivity index (χ2v) is 4.34. The van der Waals surface area contributed by atoms with Crippen LogP contribution in [0.25, 0.3) is 0 Å². The lowest BCUT2D eigenvalue weighted by Crippen LogP contribution is -2.19. The molecule has 0 fully saturated rings. The molecule has 2 nitrogen and oxygen atoms in total. The molecule has 86 valence electrons. The Kier molecular flexibility index (Phi) is 2.34. The molecule has 0 spiro atoms. The lowest BCUT2D eigenvalue weighted by atomic mass is 9.98. The zero-order valence-corrected chi connectivity index (χ0v) is 9.50. The van der Waals surface area contributed by atoms with Crippen LogP contribution in [0.2, 0.25) is 0 Å². The van der Waals surface area contributed by atoms with E-state index in [1.165, 1.54) is 23.3 Å². The summed E-state index contributed by atoms with van der Waals surface area (Å²) in [6, 6.07) is 13.0. The number of hydrazine groups is 1. The molecule has 0 saturated heterocycles. The van der Waals surface area contributed by atoms with Gasteiger partial charge in [-0.15, -0.1) is 0 Å². The predicted octanol–water partition coefficient (Wildman–Crippen LogP) is 3.15. The van der Waals surface area contributed by atoms with Gasteiger partial charge in [-0.2, -0.15) is 0 Å². The van der Waals surface area contributed by atoms with Crippen LogP contribution in [0.15, 0.2) is 42.5 Å². The van der Waals surface area contributed by atoms with Crippen molar-refractivity contribution in [2.75, 3.05) is 5.43 Å². The Bertz CT molecular complexity index is 549. The quantitative estimate of drug-likeness (QED) is 0.783. The minimum atomic E-state index is -0.204. The van der Waals surface area contributed by atoms with E-state index in [0.29, 0.717) is 0 Å². The van der Waals surface area contributed by atoms with Crippen molar-refractivity contribution < 1.29 is 4.39 Å². The minimum absolute atomic E-state index is 0.0884. The molecule has 0 aromatic heterocycles. The van der Waals surface area contributed by atoms with Gasteiger partial charge in [-0.25, -0.2) is 9.82 Å². The minimum Gasteiger partial charge on any atom is -0.320 e. The summed E-state index contributed by atoms with van der Waals surface area (Å²) in [6.45, 7) is 2.07. The van der Waals surface area contributed by atoms with Gasteiger partial charge < -0.3 is 5.43 Å². The second-order valence-electron chi connectivity index (χ2n) is 4.34. The maximum Gasteiger partial charge on any atom is 0.123 e. The van der Waals surface area contributed by atoms with Crippen molar-refractivity contribution in [3.63, 3.8) is 0 Å². The van der Waals surface area contributed by atoms with E-state index in [9.17, 15) is 4.39 Å². The Hall–Kier alpha value is -1.87. The summed E-state index contributed by atoms with van der Waals surface area (Å²) in [5.41, 5.74) is 10.9. The van der Waals surface area contributed by atoms with Gasteiger partial charge in [0, 0.05) is 5.56 Å².